The molecule has 0 rings (SSSR count). The number of hydrogen-bond acceptors (Lipinski definition) is 9. The Labute approximate surface area is 178 Å². The van der Waals surface area contributed by atoms with Gasteiger partial charge in [0.2, 0.25) is 0 Å². The van der Waals surface area contributed by atoms with E-state index in [0.717, 1.165) is 5.57 Å². The van der Waals surface area contributed by atoms with Crippen LogP contribution in [0.25, 0.3) is 0 Å². The minimum atomic E-state index is -1.72. The van der Waals surface area contributed by atoms with Gasteiger partial charge >= 0.3 is 0 Å². The summed E-state index contributed by atoms with van der Waals surface area (Å²) in [6.45, 7) is 5.93. The van der Waals surface area contributed by atoms with E-state index in [1.165, 1.54) is 13.0 Å². The zero-order chi connectivity index (χ0) is 23.5. The molecule has 0 fully saturated rings. The van der Waals surface area contributed by atoms with E-state index in [0.29, 0.717) is 18.4 Å². The zero-order valence-electron chi connectivity index (χ0n) is 18.3. The minimum absolute atomic E-state index is 0.0155. The van der Waals surface area contributed by atoms with Gasteiger partial charge < -0.3 is 45.6 Å². The van der Waals surface area contributed by atoms with Gasteiger partial charge in [0.25, 0.3) is 0 Å². The quantitative estimate of drug-likeness (QED) is 0.118. The van der Waals surface area contributed by atoms with Gasteiger partial charge in [-0.3, -0.25) is 0 Å². The number of allylic oxidation sites excluding steroid dienone is 2. The summed E-state index contributed by atoms with van der Waals surface area (Å²) >= 11 is 0. The van der Waals surface area contributed by atoms with Crippen molar-refractivity contribution in [3.63, 3.8) is 0 Å². The first kappa shape index (κ1) is 29.1. The van der Waals surface area contributed by atoms with Crippen LogP contribution in [-0.2, 0) is 4.74 Å². The van der Waals surface area contributed by atoms with Crippen molar-refractivity contribution < 1.29 is 45.6 Å². The van der Waals surface area contributed by atoms with E-state index in [1.54, 1.807) is 6.92 Å². The third kappa shape index (κ3) is 10.9. The van der Waals surface area contributed by atoms with Crippen molar-refractivity contribution in [2.24, 2.45) is 0 Å². The molecule has 0 heterocycles. The second kappa shape index (κ2) is 14.2. The topological polar surface area (TPSA) is 171 Å². The Kier molecular flexibility index (Phi) is 13.8. The fourth-order valence-corrected chi connectivity index (χ4v) is 2.65. The van der Waals surface area contributed by atoms with Gasteiger partial charge in [-0.25, -0.2) is 0 Å². The van der Waals surface area contributed by atoms with Gasteiger partial charge in [-0.1, -0.05) is 17.7 Å². The van der Waals surface area contributed by atoms with Gasteiger partial charge in [0.05, 0.1) is 37.6 Å². The average Bonchev–Trinajstić information content (AvgIpc) is 2.68. The summed E-state index contributed by atoms with van der Waals surface area (Å²) in [5.74, 6) is 0. The molecule has 0 saturated carbocycles. The van der Waals surface area contributed by atoms with Gasteiger partial charge in [-0.2, -0.15) is 0 Å². The van der Waals surface area contributed by atoms with Gasteiger partial charge in [-0.15, -0.1) is 0 Å². The van der Waals surface area contributed by atoms with Crippen LogP contribution in [0.2, 0.25) is 0 Å². The third-order valence-electron chi connectivity index (χ3n) is 5.03. The molecule has 0 aromatic carbocycles. The van der Waals surface area contributed by atoms with E-state index >= 15 is 0 Å². The largest absolute Gasteiger partial charge is 0.394 e. The SMILES string of the molecule is CC(C)=CCC[C@](C)(O)[C@H](O)C[C@H](O)/C(C)=C/COC[C@H](O)[C@H](O)[C@H](O)[C@H](O)CO. The Bertz CT molecular complexity index is 529. The Balaban J connectivity index is 4.47. The highest BCUT2D eigenvalue weighted by Gasteiger charge is 2.32. The van der Waals surface area contributed by atoms with E-state index in [2.05, 4.69) is 0 Å². The van der Waals surface area contributed by atoms with E-state index in [-0.39, 0.29) is 19.6 Å². The minimum Gasteiger partial charge on any atom is -0.394 e. The molecule has 30 heavy (non-hydrogen) atoms. The van der Waals surface area contributed by atoms with E-state index in [4.69, 9.17) is 9.84 Å². The molecule has 0 amide bonds. The van der Waals surface area contributed by atoms with Gasteiger partial charge in [0, 0.05) is 6.42 Å². The second-order valence-electron chi connectivity index (χ2n) is 8.23. The standard InChI is InChI=1S/C21H40O9/c1-13(2)6-5-8-21(4,29)18(26)10-15(23)14(3)7-9-30-12-17(25)20(28)19(27)16(24)11-22/h6-7,15-20,22-29H,5,8-12H2,1-4H3/b14-7+/t15-,16+,17-,18+,19+,20-,21-/m0/s1. The van der Waals surface area contributed by atoms with Crippen molar-refractivity contribution in [2.45, 2.75) is 89.2 Å². The van der Waals surface area contributed by atoms with Crippen LogP contribution in [0.5, 0.6) is 0 Å². The lowest BCUT2D eigenvalue weighted by molar-refractivity contribution is -0.127. The van der Waals surface area contributed by atoms with Crippen molar-refractivity contribution in [3.8, 4) is 0 Å². The molecule has 9 heteroatoms. The molecule has 0 spiro atoms. The summed E-state index contributed by atoms with van der Waals surface area (Å²) in [4.78, 5) is 0. The predicted octanol–water partition coefficient (Wildman–Crippen LogP) is -1.01. The lowest BCUT2D eigenvalue weighted by atomic mass is 9.88. The molecule has 0 aromatic rings. The molecular formula is C21H40O9. The maximum absolute atomic E-state index is 10.4. The molecule has 0 saturated heterocycles. The Morgan fingerprint density at radius 3 is 2.03 bits per heavy atom. The molecule has 9 nitrogen and oxygen atoms in total. The normalized spacial score (nSPS) is 20.6. The Morgan fingerprint density at radius 2 is 1.50 bits per heavy atom. The number of hydrogen-bond donors (Lipinski definition) is 8. The Morgan fingerprint density at radius 1 is 0.933 bits per heavy atom. The zero-order valence-corrected chi connectivity index (χ0v) is 18.3. The van der Waals surface area contributed by atoms with Crippen molar-refractivity contribution >= 4 is 0 Å². The molecule has 0 radical (unpaired) electrons. The highest BCUT2D eigenvalue weighted by Crippen LogP contribution is 2.23. The maximum Gasteiger partial charge on any atom is 0.111 e. The highest BCUT2D eigenvalue weighted by atomic mass is 16.5. The average molecular weight is 437 g/mol. The summed E-state index contributed by atoms with van der Waals surface area (Å²) in [7, 11) is 0. The molecule has 0 aromatic heterocycles. The summed E-state index contributed by atoms with van der Waals surface area (Å²) < 4.78 is 5.18. The summed E-state index contributed by atoms with van der Waals surface area (Å²) in [5, 5.41) is 77.9. The fourth-order valence-electron chi connectivity index (χ4n) is 2.65. The molecule has 0 aliphatic carbocycles. The fraction of sp³-hybridized carbons (Fsp3) is 0.810. The summed E-state index contributed by atoms with van der Waals surface area (Å²) in [6, 6.07) is 0. The van der Waals surface area contributed by atoms with Gasteiger partial charge in [0.1, 0.15) is 24.4 Å². The molecule has 0 unspecified atom stereocenters. The van der Waals surface area contributed by atoms with Crippen LogP contribution in [0, 0.1) is 0 Å². The molecule has 8 N–H and O–H groups in total. The summed E-state index contributed by atoms with van der Waals surface area (Å²) in [6.07, 6.45) is -4.22. The second-order valence-corrected chi connectivity index (χ2v) is 8.23. The number of rotatable bonds is 15. The lowest BCUT2D eigenvalue weighted by Gasteiger charge is -2.30. The predicted molar refractivity (Wildman–Crippen MR) is 112 cm³/mol. The Hall–Kier alpha value is -0.880. The first-order chi connectivity index (χ1) is 13.8. The van der Waals surface area contributed by atoms with E-state index in [1.807, 2.05) is 19.9 Å². The van der Waals surface area contributed by atoms with Crippen LogP contribution < -0.4 is 0 Å². The van der Waals surface area contributed by atoms with Crippen LogP contribution >= 0.6 is 0 Å². The van der Waals surface area contributed by atoms with E-state index < -0.39 is 48.8 Å². The third-order valence-corrected chi connectivity index (χ3v) is 5.03. The van der Waals surface area contributed by atoms with Crippen molar-refractivity contribution in [1.29, 1.82) is 0 Å². The van der Waals surface area contributed by atoms with Gasteiger partial charge in [0.15, 0.2) is 0 Å². The van der Waals surface area contributed by atoms with Crippen LogP contribution in [-0.4, -0.2) is 103 Å². The monoisotopic (exact) mass is 436 g/mol. The maximum atomic E-state index is 10.4. The van der Waals surface area contributed by atoms with Crippen molar-refractivity contribution in [1.82, 2.24) is 0 Å². The first-order valence-corrected chi connectivity index (χ1v) is 10.1. The molecule has 0 aliphatic heterocycles. The number of aliphatic hydroxyl groups is 8. The molecule has 178 valence electrons. The lowest BCUT2D eigenvalue weighted by Crippen LogP contribution is -2.47. The summed E-state index contributed by atoms with van der Waals surface area (Å²) in [5.41, 5.74) is 0.278. The van der Waals surface area contributed by atoms with Crippen LogP contribution in [0.15, 0.2) is 23.3 Å². The molecule has 0 bridgehead atoms. The molecule has 7 atom stereocenters. The van der Waals surface area contributed by atoms with Crippen LogP contribution in [0.1, 0.15) is 47.0 Å². The van der Waals surface area contributed by atoms with Crippen LogP contribution in [0.3, 0.4) is 0 Å². The van der Waals surface area contributed by atoms with E-state index in [9.17, 15) is 35.7 Å². The van der Waals surface area contributed by atoms with Crippen molar-refractivity contribution in [2.75, 3.05) is 19.8 Å². The van der Waals surface area contributed by atoms with Gasteiger partial charge in [-0.05, 0) is 46.1 Å². The highest BCUT2D eigenvalue weighted by molar-refractivity contribution is 5.06. The van der Waals surface area contributed by atoms with Crippen molar-refractivity contribution in [3.05, 3.63) is 23.3 Å². The molecule has 0 aliphatic rings. The van der Waals surface area contributed by atoms with Crippen LogP contribution in [0.4, 0.5) is 0 Å². The smallest absolute Gasteiger partial charge is 0.111 e. The number of ether oxygens (including phenoxy) is 1. The number of aliphatic hydroxyl groups excluding tert-OH is 7. The first-order valence-electron chi connectivity index (χ1n) is 10.1. The molecular weight excluding hydrogens is 396 g/mol.